The summed E-state index contributed by atoms with van der Waals surface area (Å²) in [7, 11) is 0. The van der Waals surface area contributed by atoms with E-state index >= 15 is 0 Å². The number of carbonyl (C=O) groups excluding carboxylic acids is 2. The SMILES string of the molecule is CC(C)(C)OC(=O)NOCCCCC(=O)Cc1ccc(O)cc1. The summed E-state index contributed by atoms with van der Waals surface area (Å²) < 4.78 is 5.01. The standard InChI is InChI=1S/C17H25NO5/c1-17(2,3)23-16(21)18-22-11-5-4-6-15(20)12-13-7-9-14(19)10-8-13/h7-10,19H,4-6,11-12H2,1-3H3,(H,18,21). The van der Waals surface area contributed by atoms with Gasteiger partial charge in [0.2, 0.25) is 0 Å². The van der Waals surface area contributed by atoms with Crippen LogP contribution in [-0.2, 0) is 20.8 Å². The lowest BCUT2D eigenvalue weighted by Gasteiger charge is -2.19. The molecule has 2 N–H and O–H groups in total. The normalized spacial score (nSPS) is 11.1. The van der Waals surface area contributed by atoms with Gasteiger partial charge in [-0.15, -0.1) is 0 Å². The van der Waals surface area contributed by atoms with Crippen molar-refractivity contribution in [1.82, 2.24) is 5.48 Å². The Balaban J connectivity index is 2.07. The minimum absolute atomic E-state index is 0.135. The molecule has 1 rings (SSSR count). The van der Waals surface area contributed by atoms with Crippen LogP contribution < -0.4 is 5.48 Å². The molecule has 1 amide bonds. The number of amides is 1. The van der Waals surface area contributed by atoms with Crippen LogP contribution in [-0.4, -0.2) is 29.2 Å². The largest absolute Gasteiger partial charge is 0.508 e. The molecule has 0 bridgehead atoms. The highest BCUT2D eigenvalue weighted by atomic mass is 16.7. The van der Waals surface area contributed by atoms with E-state index < -0.39 is 11.7 Å². The predicted molar refractivity (Wildman–Crippen MR) is 86.0 cm³/mol. The Bertz CT molecular complexity index is 505. The summed E-state index contributed by atoms with van der Waals surface area (Å²) in [5.74, 6) is 0.326. The molecule has 0 aromatic heterocycles. The number of Topliss-reactive ketones (excluding diaryl/α,β-unsaturated/α-hetero) is 1. The molecule has 23 heavy (non-hydrogen) atoms. The summed E-state index contributed by atoms with van der Waals surface area (Å²) in [6.07, 6.45) is 1.54. The van der Waals surface area contributed by atoms with E-state index in [0.717, 1.165) is 5.56 Å². The molecule has 0 aliphatic carbocycles. The van der Waals surface area contributed by atoms with Gasteiger partial charge in [0.05, 0.1) is 6.61 Å². The fraction of sp³-hybridized carbons (Fsp3) is 0.529. The predicted octanol–water partition coefficient (Wildman–Crippen LogP) is 3.13. The monoisotopic (exact) mass is 323 g/mol. The second-order valence-corrected chi connectivity index (χ2v) is 6.29. The Labute approximate surface area is 136 Å². The van der Waals surface area contributed by atoms with E-state index in [0.29, 0.717) is 32.3 Å². The summed E-state index contributed by atoms with van der Waals surface area (Å²) in [4.78, 5) is 28.1. The molecule has 0 aliphatic rings. The third-order valence-corrected chi connectivity index (χ3v) is 2.84. The number of benzene rings is 1. The minimum atomic E-state index is -0.624. The maximum absolute atomic E-state index is 11.8. The van der Waals surface area contributed by atoms with Gasteiger partial charge in [-0.05, 0) is 51.3 Å². The van der Waals surface area contributed by atoms with Crippen molar-refractivity contribution in [2.45, 2.75) is 52.1 Å². The maximum atomic E-state index is 11.8. The first-order valence-corrected chi connectivity index (χ1v) is 7.66. The van der Waals surface area contributed by atoms with Gasteiger partial charge in [-0.2, -0.15) is 5.48 Å². The number of ketones is 1. The third kappa shape index (κ3) is 9.52. The summed E-state index contributed by atoms with van der Waals surface area (Å²) in [6.45, 7) is 5.64. The number of hydrogen-bond donors (Lipinski definition) is 2. The van der Waals surface area contributed by atoms with Crippen molar-refractivity contribution >= 4 is 11.9 Å². The molecule has 128 valence electrons. The van der Waals surface area contributed by atoms with Gasteiger partial charge in [0.1, 0.15) is 17.1 Å². The van der Waals surface area contributed by atoms with Crippen LogP contribution in [0.25, 0.3) is 0 Å². The van der Waals surface area contributed by atoms with Crippen molar-refractivity contribution in [3.05, 3.63) is 29.8 Å². The van der Waals surface area contributed by atoms with E-state index in [-0.39, 0.29) is 11.5 Å². The van der Waals surface area contributed by atoms with Crippen LogP contribution in [0.3, 0.4) is 0 Å². The zero-order valence-electron chi connectivity index (χ0n) is 13.9. The molecule has 6 nitrogen and oxygen atoms in total. The molecule has 0 heterocycles. The van der Waals surface area contributed by atoms with Crippen LogP contribution >= 0.6 is 0 Å². The average Bonchev–Trinajstić information content (AvgIpc) is 2.43. The van der Waals surface area contributed by atoms with Crippen LogP contribution in [0.2, 0.25) is 0 Å². The number of rotatable bonds is 8. The van der Waals surface area contributed by atoms with Crippen LogP contribution in [0, 0.1) is 0 Å². The molecule has 0 radical (unpaired) electrons. The number of hydrogen-bond acceptors (Lipinski definition) is 5. The van der Waals surface area contributed by atoms with Crippen molar-refractivity contribution < 1.29 is 24.3 Å². The Morgan fingerprint density at radius 3 is 2.39 bits per heavy atom. The lowest BCUT2D eigenvalue weighted by Crippen LogP contribution is -2.32. The Hall–Kier alpha value is -2.08. The van der Waals surface area contributed by atoms with Crippen LogP contribution in [0.4, 0.5) is 4.79 Å². The van der Waals surface area contributed by atoms with Gasteiger partial charge in [0, 0.05) is 12.8 Å². The number of phenolic OH excluding ortho intramolecular Hbond substituents is 1. The number of phenols is 1. The summed E-state index contributed by atoms with van der Waals surface area (Å²) in [5.41, 5.74) is 2.53. The molecule has 0 saturated heterocycles. The quantitative estimate of drug-likeness (QED) is 0.567. The first-order chi connectivity index (χ1) is 10.8. The zero-order valence-corrected chi connectivity index (χ0v) is 13.9. The van der Waals surface area contributed by atoms with Crippen molar-refractivity contribution in [1.29, 1.82) is 0 Å². The molecule has 6 heteroatoms. The van der Waals surface area contributed by atoms with Crippen molar-refractivity contribution in [3.63, 3.8) is 0 Å². The first kappa shape index (κ1) is 19.0. The van der Waals surface area contributed by atoms with Gasteiger partial charge >= 0.3 is 6.09 Å². The molecule has 0 atom stereocenters. The molecule has 0 spiro atoms. The highest BCUT2D eigenvalue weighted by Crippen LogP contribution is 2.11. The number of ether oxygens (including phenoxy) is 1. The van der Waals surface area contributed by atoms with Gasteiger partial charge in [0.25, 0.3) is 0 Å². The number of hydroxylamine groups is 1. The summed E-state index contributed by atoms with van der Waals surface area (Å²) in [6, 6.07) is 6.61. The van der Waals surface area contributed by atoms with E-state index in [1.807, 2.05) is 0 Å². The van der Waals surface area contributed by atoms with Gasteiger partial charge in [-0.25, -0.2) is 4.79 Å². The van der Waals surface area contributed by atoms with E-state index in [1.165, 1.54) is 0 Å². The number of nitrogens with one attached hydrogen (secondary N) is 1. The van der Waals surface area contributed by atoms with Crippen molar-refractivity contribution in [3.8, 4) is 5.75 Å². The third-order valence-electron chi connectivity index (χ3n) is 2.84. The van der Waals surface area contributed by atoms with E-state index in [4.69, 9.17) is 9.57 Å². The second kappa shape index (κ2) is 9.15. The maximum Gasteiger partial charge on any atom is 0.431 e. The molecule has 0 fully saturated rings. The lowest BCUT2D eigenvalue weighted by molar-refractivity contribution is -0.118. The Morgan fingerprint density at radius 2 is 1.78 bits per heavy atom. The molecular weight excluding hydrogens is 298 g/mol. The molecule has 0 aliphatic heterocycles. The van der Waals surface area contributed by atoms with Crippen LogP contribution in [0.15, 0.2) is 24.3 Å². The lowest BCUT2D eigenvalue weighted by atomic mass is 10.0. The number of unbranched alkanes of at least 4 members (excludes halogenated alkanes) is 1. The van der Waals surface area contributed by atoms with Crippen LogP contribution in [0.1, 0.15) is 45.6 Å². The zero-order chi connectivity index (χ0) is 17.3. The Kier molecular flexibility index (Phi) is 7.54. The average molecular weight is 323 g/mol. The summed E-state index contributed by atoms with van der Waals surface area (Å²) >= 11 is 0. The van der Waals surface area contributed by atoms with Gasteiger partial charge in [-0.3, -0.25) is 9.63 Å². The first-order valence-electron chi connectivity index (χ1n) is 7.66. The molecular formula is C17H25NO5. The topological polar surface area (TPSA) is 84.9 Å². The molecule has 0 unspecified atom stereocenters. The van der Waals surface area contributed by atoms with E-state index in [9.17, 15) is 14.7 Å². The highest BCUT2D eigenvalue weighted by Gasteiger charge is 2.15. The van der Waals surface area contributed by atoms with Crippen LogP contribution in [0.5, 0.6) is 5.75 Å². The fourth-order valence-electron chi connectivity index (χ4n) is 1.84. The van der Waals surface area contributed by atoms with E-state index in [1.54, 1.807) is 45.0 Å². The van der Waals surface area contributed by atoms with Gasteiger partial charge in [-0.1, -0.05) is 12.1 Å². The highest BCUT2D eigenvalue weighted by molar-refractivity contribution is 5.80. The molecule has 1 aromatic rings. The van der Waals surface area contributed by atoms with Gasteiger partial charge < -0.3 is 9.84 Å². The summed E-state index contributed by atoms with van der Waals surface area (Å²) in [5, 5.41) is 9.18. The fourth-order valence-corrected chi connectivity index (χ4v) is 1.84. The molecule has 0 saturated carbocycles. The Morgan fingerprint density at radius 1 is 1.13 bits per heavy atom. The second-order valence-electron chi connectivity index (χ2n) is 6.29. The van der Waals surface area contributed by atoms with Crippen molar-refractivity contribution in [2.24, 2.45) is 0 Å². The van der Waals surface area contributed by atoms with Crippen molar-refractivity contribution in [2.75, 3.05) is 6.61 Å². The smallest absolute Gasteiger partial charge is 0.431 e. The van der Waals surface area contributed by atoms with Gasteiger partial charge in [0.15, 0.2) is 0 Å². The van der Waals surface area contributed by atoms with E-state index in [2.05, 4.69) is 5.48 Å². The number of aromatic hydroxyl groups is 1. The minimum Gasteiger partial charge on any atom is -0.508 e. The number of carbonyl (C=O) groups is 2. The molecule has 1 aromatic carbocycles.